The largest absolute Gasteiger partial charge is 0.376 e. The molecule has 1 heterocycles. The zero-order valence-corrected chi connectivity index (χ0v) is 5.25. The van der Waals surface area contributed by atoms with Crippen LogP contribution in [0.1, 0.15) is 0 Å². The van der Waals surface area contributed by atoms with Crippen LogP contribution in [-0.4, -0.2) is 25.7 Å². The van der Waals surface area contributed by atoms with Crippen LogP contribution in [0.15, 0.2) is 0 Å². The maximum absolute atomic E-state index is 5.12. The molecular formula is C4H9O2P. The summed E-state index contributed by atoms with van der Waals surface area (Å²) in [5.74, 6) is 0.230. The minimum Gasteiger partial charge on any atom is -0.376 e. The molecule has 0 N–H and O–H groups in total. The monoisotopic (exact) mass is 120 g/mol. The van der Waals surface area contributed by atoms with Gasteiger partial charge < -0.3 is 9.47 Å². The van der Waals surface area contributed by atoms with Gasteiger partial charge in [0.1, 0.15) is 0 Å². The van der Waals surface area contributed by atoms with Gasteiger partial charge in [0.25, 0.3) is 0 Å². The van der Waals surface area contributed by atoms with Gasteiger partial charge in [-0.1, -0.05) is 0 Å². The summed E-state index contributed by atoms with van der Waals surface area (Å²) in [6.07, 6.45) is 0. The molecule has 3 heteroatoms. The molecule has 0 aromatic heterocycles. The smallest absolute Gasteiger partial charge is 0.0941 e. The molecule has 42 valence electrons. The summed E-state index contributed by atoms with van der Waals surface area (Å²) in [4.78, 5) is 0. The Morgan fingerprint density at radius 3 is 2.57 bits per heavy atom. The van der Waals surface area contributed by atoms with Crippen LogP contribution in [0, 0.1) is 0 Å². The van der Waals surface area contributed by atoms with E-state index in [4.69, 9.17) is 9.47 Å². The Bertz CT molecular complexity index is 51.7. The Morgan fingerprint density at radius 1 is 1.43 bits per heavy atom. The first-order chi connectivity index (χ1) is 3.39. The molecule has 0 aromatic carbocycles. The molecule has 1 saturated heterocycles. The lowest BCUT2D eigenvalue weighted by Crippen LogP contribution is -2.22. The van der Waals surface area contributed by atoms with Gasteiger partial charge in [0, 0.05) is 0 Å². The molecule has 0 saturated carbocycles. The van der Waals surface area contributed by atoms with E-state index in [9.17, 15) is 0 Å². The van der Waals surface area contributed by atoms with Crippen molar-refractivity contribution in [3.63, 3.8) is 0 Å². The number of hydrogen-bond acceptors (Lipinski definition) is 2. The van der Waals surface area contributed by atoms with Crippen molar-refractivity contribution >= 4 is 9.24 Å². The molecule has 2 unspecified atom stereocenters. The van der Waals surface area contributed by atoms with Gasteiger partial charge in [-0.25, -0.2) is 0 Å². The number of ether oxygens (including phenoxy) is 2. The number of hydrogen-bond donors (Lipinski definition) is 0. The molecule has 0 amide bonds. The van der Waals surface area contributed by atoms with E-state index < -0.39 is 0 Å². The highest BCUT2D eigenvalue weighted by Gasteiger charge is 2.06. The Kier molecular flexibility index (Phi) is 2.04. The van der Waals surface area contributed by atoms with Crippen molar-refractivity contribution < 1.29 is 9.47 Å². The lowest BCUT2D eigenvalue weighted by molar-refractivity contribution is -0.0503. The quantitative estimate of drug-likeness (QED) is 0.426. The Labute approximate surface area is 45.4 Å². The SMILES string of the molecule is PC1COCCO1. The maximum atomic E-state index is 5.12. The summed E-state index contributed by atoms with van der Waals surface area (Å²) < 4.78 is 10.2. The fraction of sp³-hybridized carbons (Fsp3) is 1.00. The zero-order valence-electron chi connectivity index (χ0n) is 4.09. The third-order valence-electron chi connectivity index (χ3n) is 0.842. The highest BCUT2D eigenvalue weighted by atomic mass is 31.0. The van der Waals surface area contributed by atoms with Gasteiger partial charge in [-0.15, -0.1) is 9.24 Å². The molecule has 0 bridgehead atoms. The summed E-state index contributed by atoms with van der Waals surface area (Å²) in [7, 11) is 2.56. The topological polar surface area (TPSA) is 18.5 Å². The van der Waals surface area contributed by atoms with Gasteiger partial charge in [0.05, 0.1) is 25.7 Å². The van der Waals surface area contributed by atoms with E-state index in [0.29, 0.717) is 0 Å². The average molecular weight is 120 g/mol. The van der Waals surface area contributed by atoms with Crippen molar-refractivity contribution in [1.29, 1.82) is 0 Å². The second-order valence-electron chi connectivity index (χ2n) is 1.48. The average Bonchev–Trinajstić information content (AvgIpc) is 1.69. The molecule has 0 aliphatic carbocycles. The van der Waals surface area contributed by atoms with Crippen LogP contribution in [0.2, 0.25) is 0 Å². The van der Waals surface area contributed by atoms with Crippen LogP contribution in [0.25, 0.3) is 0 Å². The highest BCUT2D eigenvalue weighted by molar-refractivity contribution is 7.17. The first-order valence-corrected chi connectivity index (χ1v) is 3.01. The summed E-state index contributed by atoms with van der Waals surface area (Å²) >= 11 is 0. The van der Waals surface area contributed by atoms with Gasteiger partial charge >= 0.3 is 0 Å². The molecule has 2 atom stereocenters. The molecule has 0 aromatic rings. The van der Waals surface area contributed by atoms with E-state index >= 15 is 0 Å². The van der Waals surface area contributed by atoms with Crippen LogP contribution >= 0.6 is 9.24 Å². The standard InChI is InChI=1S/C4H9O2P/c7-4-3-5-1-2-6-4/h4H,1-3,7H2. The van der Waals surface area contributed by atoms with Gasteiger partial charge in [0.15, 0.2) is 0 Å². The van der Waals surface area contributed by atoms with Gasteiger partial charge in [-0.05, 0) is 0 Å². The molecule has 1 rings (SSSR count). The molecule has 1 aliphatic rings. The first kappa shape index (κ1) is 5.49. The van der Waals surface area contributed by atoms with Crippen molar-refractivity contribution in [2.75, 3.05) is 19.8 Å². The zero-order chi connectivity index (χ0) is 5.11. The normalized spacial score (nSPS) is 33.0. The van der Waals surface area contributed by atoms with Crippen LogP contribution in [0.3, 0.4) is 0 Å². The fourth-order valence-electron chi connectivity index (χ4n) is 0.506. The van der Waals surface area contributed by atoms with E-state index in [1.165, 1.54) is 0 Å². The second-order valence-corrected chi connectivity index (χ2v) is 2.23. The van der Waals surface area contributed by atoms with E-state index in [1.54, 1.807) is 0 Å². The predicted octanol–water partition coefficient (Wildman–Crippen LogP) is 0.234. The van der Waals surface area contributed by atoms with Crippen LogP contribution < -0.4 is 0 Å². The van der Waals surface area contributed by atoms with Gasteiger partial charge in [-0.3, -0.25) is 0 Å². The summed E-state index contributed by atoms with van der Waals surface area (Å²) in [5.41, 5.74) is 0. The predicted molar refractivity (Wildman–Crippen MR) is 30.3 cm³/mol. The van der Waals surface area contributed by atoms with Crippen molar-refractivity contribution in [3.8, 4) is 0 Å². The van der Waals surface area contributed by atoms with E-state index in [1.807, 2.05) is 0 Å². The molecule has 1 fully saturated rings. The van der Waals surface area contributed by atoms with Gasteiger partial charge in [-0.2, -0.15) is 0 Å². The highest BCUT2D eigenvalue weighted by Crippen LogP contribution is 2.05. The van der Waals surface area contributed by atoms with E-state index in [0.717, 1.165) is 19.8 Å². The van der Waals surface area contributed by atoms with Crippen molar-refractivity contribution in [3.05, 3.63) is 0 Å². The summed E-state index contributed by atoms with van der Waals surface area (Å²) in [6.45, 7) is 2.23. The van der Waals surface area contributed by atoms with Crippen molar-refractivity contribution in [2.45, 2.75) is 5.85 Å². The minimum absolute atomic E-state index is 0.230. The Morgan fingerprint density at radius 2 is 2.29 bits per heavy atom. The Hall–Kier alpha value is 0.350. The second kappa shape index (κ2) is 2.61. The van der Waals surface area contributed by atoms with Crippen molar-refractivity contribution in [2.24, 2.45) is 0 Å². The minimum atomic E-state index is 0.230. The molecule has 0 radical (unpaired) electrons. The van der Waals surface area contributed by atoms with Crippen LogP contribution in [0.5, 0.6) is 0 Å². The van der Waals surface area contributed by atoms with E-state index in [-0.39, 0.29) is 5.85 Å². The van der Waals surface area contributed by atoms with E-state index in [2.05, 4.69) is 9.24 Å². The lowest BCUT2D eigenvalue weighted by atomic mass is 10.6. The molecule has 2 nitrogen and oxygen atoms in total. The first-order valence-electron chi connectivity index (χ1n) is 2.34. The molecule has 7 heavy (non-hydrogen) atoms. The molecule has 0 spiro atoms. The summed E-state index contributed by atoms with van der Waals surface area (Å²) in [5, 5.41) is 0. The van der Waals surface area contributed by atoms with Crippen LogP contribution in [-0.2, 0) is 9.47 Å². The Balaban J connectivity index is 2.12. The third kappa shape index (κ3) is 1.72. The van der Waals surface area contributed by atoms with Crippen LogP contribution in [0.4, 0.5) is 0 Å². The lowest BCUT2D eigenvalue weighted by Gasteiger charge is -2.18. The summed E-state index contributed by atoms with van der Waals surface area (Å²) in [6, 6.07) is 0. The fourth-order valence-corrected chi connectivity index (χ4v) is 0.778. The third-order valence-corrected chi connectivity index (χ3v) is 1.23. The molecular weight excluding hydrogens is 111 g/mol. The molecule has 1 aliphatic heterocycles. The number of rotatable bonds is 0. The van der Waals surface area contributed by atoms with Gasteiger partial charge in [0.2, 0.25) is 0 Å². The maximum Gasteiger partial charge on any atom is 0.0941 e. The van der Waals surface area contributed by atoms with Crippen molar-refractivity contribution in [1.82, 2.24) is 0 Å².